The van der Waals surface area contributed by atoms with Crippen LogP contribution in [-0.4, -0.2) is 37.0 Å². The lowest BCUT2D eigenvalue weighted by Crippen LogP contribution is -2.07. The standard InChI is InChI=1S/C13H17N3O3/c1-3-18-11-6-4-5-10(9-11)12-15-13(19-16-12)14-7-8-17-2/h4-6,9H,3,7-8H2,1-2H3,(H,14,15,16). The van der Waals surface area contributed by atoms with E-state index >= 15 is 0 Å². The lowest BCUT2D eigenvalue weighted by molar-refractivity contribution is 0.210. The van der Waals surface area contributed by atoms with Crippen LogP contribution in [0.1, 0.15) is 6.92 Å². The molecule has 2 aromatic rings. The summed E-state index contributed by atoms with van der Waals surface area (Å²) in [5.74, 6) is 1.32. The van der Waals surface area contributed by atoms with Crippen LogP contribution < -0.4 is 10.1 Å². The third-order valence-corrected chi connectivity index (χ3v) is 2.41. The van der Waals surface area contributed by atoms with E-state index in [4.69, 9.17) is 14.0 Å². The van der Waals surface area contributed by atoms with Crippen molar-refractivity contribution in [2.45, 2.75) is 6.92 Å². The van der Waals surface area contributed by atoms with Gasteiger partial charge < -0.3 is 19.3 Å². The number of ether oxygens (including phenoxy) is 2. The minimum absolute atomic E-state index is 0.383. The molecule has 0 aliphatic carbocycles. The monoisotopic (exact) mass is 263 g/mol. The summed E-state index contributed by atoms with van der Waals surface area (Å²) in [6, 6.07) is 7.97. The highest BCUT2D eigenvalue weighted by Gasteiger charge is 2.08. The molecule has 1 aromatic heterocycles. The van der Waals surface area contributed by atoms with Crippen molar-refractivity contribution in [1.29, 1.82) is 0 Å². The van der Waals surface area contributed by atoms with E-state index in [9.17, 15) is 0 Å². The topological polar surface area (TPSA) is 69.4 Å². The molecular weight excluding hydrogens is 246 g/mol. The molecule has 6 heteroatoms. The van der Waals surface area contributed by atoms with Crippen molar-refractivity contribution in [3.63, 3.8) is 0 Å². The van der Waals surface area contributed by atoms with Crippen molar-refractivity contribution in [2.24, 2.45) is 0 Å². The fourth-order valence-corrected chi connectivity index (χ4v) is 1.56. The molecule has 0 fully saturated rings. The van der Waals surface area contributed by atoms with Crippen LogP contribution in [0.3, 0.4) is 0 Å². The maximum Gasteiger partial charge on any atom is 0.321 e. The average Bonchev–Trinajstić information content (AvgIpc) is 2.89. The van der Waals surface area contributed by atoms with Gasteiger partial charge in [-0.05, 0) is 19.1 Å². The number of nitrogens with zero attached hydrogens (tertiary/aromatic N) is 2. The molecule has 6 nitrogen and oxygen atoms in total. The lowest BCUT2D eigenvalue weighted by atomic mass is 10.2. The molecule has 1 N–H and O–H groups in total. The Morgan fingerprint density at radius 2 is 2.26 bits per heavy atom. The molecule has 19 heavy (non-hydrogen) atoms. The van der Waals surface area contributed by atoms with Gasteiger partial charge in [-0.2, -0.15) is 4.98 Å². The van der Waals surface area contributed by atoms with Crippen LogP contribution in [0.2, 0.25) is 0 Å². The number of methoxy groups -OCH3 is 1. The molecule has 0 saturated heterocycles. The number of aromatic nitrogens is 2. The Morgan fingerprint density at radius 3 is 3.05 bits per heavy atom. The van der Waals surface area contributed by atoms with E-state index in [2.05, 4.69) is 15.5 Å². The maximum absolute atomic E-state index is 5.44. The van der Waals surface area contributed by atoms with Gasteiger partial charge in [0.05, 0.1) is 13.2 Å². The van der Waals surface area contributed by atoms with Gasteiger partial charge in [-0.15, -0.1) is 0 Å². The molecule has 1 aromatic carbocycles. The van der Waals surface area contributed by atoms with E-state index in [0.29, 0.717) is 31.6 Å². The molecule has 1 heterocycles. The molecule has 0 radical (unpaired) electrons. The molecular formula is C13H17N3O3. The quantitative estimate of drug-likeness (QED) is 0.772. The molecule has 0 aliphatic rings. The van der Waals surface area contributed by atoms with Crippen molar-refractivity contribution in [1.82, 2.24) is 10.1 Å². The van der Waals surface area contributed by atoms with Gasteiger partial charge >= 0.3 is 6.01 Å². The summed E-state index contributed by atoms with van der Waals surface area (Å²) in [6.45, 7) is 3.77. The van der Waals surface area contributed by atoms with Gasteiger partial charge in [0.15, 0.2) is 0 Å². The molecule has 0 bridgehead atoms. The molecule has 0 unspecified atom stereocenters. The van der Waals surface area contributed by atoms with Crippen molar-refractivity contribution >= 4 is 6.01 Å². The largest absolute Gasteiger partial charge is 0.494 e. The lowest BCUT2D eigenvalue weighted by Gasteiger charge is -2.03. The van der Waals surface area contributed by atoms with Crippen molar-refractivity contribution in [2.75, 3.05) is 32.2 Å². The van der Waals surface area contributed by atoms with E-state index in [1.54, 1.807) is 7.11 Å². The number of hydrogen-bond donors (Lipinski definition) is 1. The first-order valence-corrected chi connectivity index (χ1v) is 6.13. The van der Waals surface area contributed by atoms with Crippen molar-refractivity contribution in [3.05, 3.63) is 24.3 Å². The summed E-state index contributed by atoms with van der Waals surface area (Å²) in [7, 11) is 1.64. The second-order valence-corrected chi connectivity index (χ2v) is 3.80. The Hall–Kier alpha value is -2.08. The van der Waals surface area contributed by atoms with Crippen LogP contribution in [0.4, 0.5) is 6.01 Å². The van der Waals surface area contributed by atoms with Crippen LogP contribution in [0.15, 0.2) is 28.8 Å². The predicted molar refractivity (Wildman–Crippen MR) is 71.3 cm³/mol. The van der Waals surface area contributed by atoms with Crippen LogP contribution in [0.25, 0.3) is 11.4 Å². The zero-order chi connectivity index (χ0) is 13.5. The van der Waals surface area contributed by atoms with Crippen LogP contribution in [0.5, 0.6) is 5.75 Å². The first-order chi connectivity index (χ1) is 9.33. The maximum atomic E-state index is 5.44. The highest BCUT2D eigenvalue weighted by atomic mass is 16.5. The van der Waals surface area contributed by atoms with Crippen LogP contribution >= 0.6 is 0 Å². The third kappa shape index (κ3) is 3.69. The molecule has 0 spiro atoms. The second-order valence-electron chi connectivity index (χ2n) is 3.80. The van der Waals surface area contributed by atoms with E-state index in [1.165, 1.54) is 0 Å². The Kier molecular flexibility index (Phi) is 4.74. The first kappa shape index (κ1) is 13.4. The molecule has 2 rings (SSSR count). The highest BCUT2D eigenvalue weighted by Crippen LogP contribution is 2.22. The van der Waals surface area contributed by atoms with E-state index in [1.807, 2.05) is 31.2 Å². The summed E-state index contributed by atoms with van der Waals surface area (Å²) >= 11 is 0. The van der Waals surface area contributed by atoms with Gasteiger partial charge in [-0.25, -0.2) is 0 Å². The fraction of sp³-hybridized carbons (Fsp3) is 0.385. The summed E-state index contributed by atoms with van der Waals surface area (Å²) in [5, 5.41) is 6.90. The number of benzene rings is 1. The van der Waals surface area contributed by atoms with E-state index in [-0.39, 0.29) is 0 Å². The Balaban J connectivity index is 2.07. The summed E-state index contributed by atoms with van der Waals surface area (Å²) in [6.07, 6.45) is 0. The summed E-state index contributed by atoms with van der Waals surface area (Å²) in [4.78, 5) is 4.25. The zero-order valence-electron chi connectivity index (χ0n) is 11.0. The Labute approximate surface area is 111 Å². The van der Waals surface area contributed by atoms with Gasteiger partial charge in [-0.3, -0.25) is 0 Å². The SMILES string of the molecule is CCOc1cccc(-c2noc(NCCOC)n2)c1. The van der Waals surface area contributed by atoms with E-state index in [0.717, 1.165) is 11.3 Å². The molecule has 0 amide bonds. The zero-order valence-corrected chi connectivity index (χ0v) is 11.0. The first-order valence-electron chi connectivity index (χ1n) is 6.13. The summed E-state index contributed by atoms with van der Waals surface area (Å²) < 4.78 is 15.5. The molecule has 0 saturated carbocycles. The molecule has 102 valence electrons. The number of rotatable bonds is 7. The number of nitrogens with one attached hydrogen (secondary N) is 1. The Bertz CT molecular complexity index is 513. The summed E-state index contributed by atoms with van der Waals surface area (Å²) in [5.41, 5.74) is 0.856. The average molecular weight is 263 g/mol. The smallest absolute Gasteiger partial charge is 0.321 e. The number of hydrogen-bond acceptors (Lipinski definition) is 6. The van der Waals surface area contributed by atoms with Crippen molar-refractivity contribution in [3.8, 4) is 17.1 Å². The van der Waals surface area contributed by atoms with Gasteiger partial charge in [0.2, 0.25) is 5.82 Å². The molecule has 0 aliphatic heterocycles. The van der Waals surface area contributed by atoms with Crippen LogP contribution in [0, 0.1) is 0 Å². The minimum atomic E-state index is 0.383. The predicted octanol–water partition coefficient (Wildman–Crippen LogP) is 2.19. The fourth-order valence-electron chi connectivity index (χ4n) is 1.56. The minimum Gasteiger partial charge on any atom is -0.494 e. The third-order valence-electron chi connectivity index (χ3n) is 2.41. The second kappa shape index (κ2) is 6.75. The normalized spacial score (nSPS) is 10.4. The van der Waals surface area contributed by atoms with Crippen LogP contribution in [-0.2, 0) is 4.74 Å². The van der Waals surface area contributed by atoms with Gasteiger partial charge in [0, 0.05) is 19.2 Å². The molecule has 0 atom stereocenters. The van der Waals surface area contributed by atoms with Gasteiger partial charge in [-0.1, -0.05) is 17.3 Å². The van der Waals surface area contributed by atoms with Crippen molar-refractivity contribution < 1.29 is 14.0 Å². The van der Waals surface area contributed by atoms with E-state index < -0.39 is 0 Å². The number of anilines is 1. The van der Waals surface area contributed by atoms with Gasteiger partial charge in [0.1, 0.15) is 5.75 Å². The Morgan fingerprint density at radius 1 is 1.37 bits per heavy atom. The van der Waals surface area contributed by atoms with Gasteiger partial charge in [0.25, 0.3) is 0 Å². The highest BCUT2D eigenvalue weighted by molar-refractivity contribution is 5.57.